The minimum atomic E-state index is -0.0949. The number of hydrogen-bond donors (Lipinski definition) is 3. The highest BCUT2D eigenvalue weighted by molar-refractivity contribution is 5.98. The van der Waals surface area contributed by atoms with E-state index in [1.807, 2.05) is 0 Å². The van der Waals surface area contributed by atoms with Crippen molar-refractivity contribution in [3.63, 3.8) is 0 Å². The van der Waals surface area contributed by atoms with Crippen LogP contribution in [0.2, 0.25) is 0 Å². The van der Waals surface area contributed by atoms with Gasteiger partial charge in [-0.2, -0.15) is 0 Å². The smallest absolute Gasteiger partial charge is 0.228 e. The van der Waals surface area contributed by atoms with E-state index in [1.54, 1.807) is 0 Å². The third-order valence-electron chi connectivity index (χ3n) is 7.14. The van der Waals surface area contributed by atoms with Crippen LogP contribution in [0.25, 0.3) is 0 Å². The third-order valence-corrected chi connectivity index (χ3v) is 7.14. The molecule has 3 aliphatic carbocycles. The van der Waals surface area contributed by atoms with Crippen LogP contribution in [0.1, 0.15) is 88.5 Å². The van der Waals surface area contributed by atoms with Gasteiger partial charge in [0.1, 0.15) is 0 Å². The second-order valence-electron chi connectivity index (χ2n) is 8.03. The number of hydrogen-bond acceptors (Lipinski definition) is 3. The fourth-order valence-electron chi connectivity index (χ4n) is 6.46. The van der Waals surface area contributed by atoms with E-state index in [4.69, 9.17) is 0 Å². The molecule has 3 fully saturated rings. The van der Waals surface area contributed by atoms with E-state index in [1.165, 1.54) is 16.7 Å². The number of nitrogens with one attached hydrogen (secondary N) is 3. The maximum Gasteiger partial charge on any atom is 0.228 e. The van der Waals surface area contributed by atoms with Gasteiger partial charge in [-0.25, -0.2) is 0 Å². The van der Waals surface area contributed by atoms with Gasteiger partial charge in [-0.15, -0.1) is 0 Å². The Kier molecular flexibility index (Phi) is 1.69. The lowest BCUT2D eigenvalue weighted by molar-refractivity contribution is -0.121. The Morgan fingerprint density at radius 3 is 1.08 bits per heavy atom. The van der Waals surface area contributed by atoms with Crippen LogP contribution in [0, 0.1) is 0 Å². The summed E-state index contributed by atoms with van der Waals surface area (Å²) in [6.45, 7) is 0. The molecule has 6 heteroatoms. The zero-order chi connectivity index (χ0) is 15.9. The predicted molar refractivity (Wildman–Crippen MR) is 81.2 cm³/mol. The van der Waals surface area contributed by atoms with Crippen molar-refractivity contribution in [2.45, 2.75) is 55.1 Å². The summed E-state index contributed by atoms with van der Waals surface area (Å²) in [5.74, 6) is 0.0385. The van der Waals surface area contributed by atoms with Crippen LogP contribution in [0.15, 0.2) is 0 Å². The largest absolute Gasteiger partial charge is 0.349 e. The van der Waals surface area contributed by atoms with Crippen molar-refractivity contribution >= 4 is 17.7 Å². The van der Waals surface area contributed by atoms with Crippen LogP contribution in [-0.4, -0.2) is 17.7 Å². The molecule has 6 bridgehead atoms. The second-order valence-corrected chi connectivity index (χ2v) is 8.03. The van der Waals surface area contributed by atoms with Crippen molar-refractivity contribution in [3.05, 3.63) is 33.4 Å². The number of carbonyl (C=O) groups excluding carboxylic acids is 3. The van der Waals surface area contributed by atoms with E-state index in [0.717, 1.165) is 36.0 Å². The summed E-state index contributed by atoms with van der Waals surface area (Å²) in [5, 5.41) is 9.30. The molecular formula is C18H15N3O3. The molecule has 24 heavy (non-hydrogen) atoms. The predicted octanol–water partition coefficient (Wildman–Crippen LogP) is 0.661. The van der Waals surface area contributed by atoms with Gasteiger partial charge in [0.2, 0.25) is 17.7 Å². The van der Waals surface area contributed by atoms with Gasteiger partial charge >= 0.3 is 0 Å². The molecule has 3 aliphatic heterocycles. The topological polar surface area (TPSA) is 87.3 Å². The lowest BCUT2D eigenvalue weighted by Crippen LogP contribution is -2.36. The summed E-state index contributed by atoms with van der Waals surface area (Å²) >= 11 is 0. The van der Waals surface area contributed by atoms with Crippen molar-refractivity contribution in [1.82, 2.24) is 16.0 Å². The molecule has 6 nitrogen and oxygen atoms in total. The van der Waals surface area contributed by atoms with Gasteiger partial charge < -0.3 is 16.0 Å². The summed E-state index contributed by atoms with van der Waals surface area (Å²) in [7, 11) is 0. The van der Waals surface area contributed by atoms with E-state index in [0.29, 0.717) is 0 Å². The SMILES string of the molecule is O=C1N[C@@H]2C[C@H]1c1c3c(c4c(c12)[C@@H]1C[C@H]4NC1=O)[C@@H]1C[C@H]3NC1=O. The molecule has 7 rings (SSSR count). The summed E-state index contributed by atoms with van der Waals surface area (Å²) in [5.41, 5.74) is 7.13. The van der Waals surface area contributed by atoms with Crippen molar-refractivity contribution in [3.8, 4) is 0 Å². The first-order valence-corrected chi connectivity index (χ1v) is 8.78. The highest BCUT2D eigenvalue weighted by atomic mass is 16.2. The Balaban J connectivity index is 1.64. The fourth-order valence-corrected chi connectivity index (χ4v) is 6.46. The minimum absolute atomic E-state index is 0.0542. The molecule has 3 N–H and O–H groups in total. The van der Waals surface area contributed by atoms with Crippen molar-refractivity contribution in [1.29, 1.82) is 0 Å². The normalized spacial score (nSPS) is 41.2. The molecule has 0 unspecified atom stereocenters. The van der Waals surface area contributed by atoms with Crippen molar-refractivity contribution < 1.29 is 14.4 Å². The molecular weight excluding hydrogens is 306 g/mol. The van der Waals surface area contributed by atoms with Gasteiger partial charge in [0.05, 0.1) is 35.9 Å². The molecule has 120 valence electrons. The molecule has 0 saturated carbocycles. The van der Waals surface area contributed by atoms with Crippen LogP contribution >= 0.6 is 0 Å². The van der Waals surface area contributed by atoms with Gasteiger partial charge in [-0.1, -0.05) is 0 Å². The van der Waals surface area contributed by atoms with Crippen molar-refractivity contribution in [2.24, 2.45) is 0 Å². The average Bonchev–Trinajstić information content (AvgIpc) is 3.31. The lowest BCUT2D eigenvalue weighted by atomic mass is 9.79. The molecule has 0 aromatic heterocycles. The molecule has 0 spiro atoms. The summed E-state index contributed by atoms with van der Waals surface area (Å²) in [6.07, 6.45) is 2.42. The second kappa shape index (κ2) is 3.36. The van der Waals surface area contributed by atoms with Crippen LogP contribution in [-0.2, 0) is 14.4 Å². The molecule has 3 saturated heterocycles. The Morgan fingerprint density at radius 1 is 0.500 bits per heavy atom. The highest BCUT2D eigenvalue weighted by Crippen LogP contribution is 2.63. The number of amides is 3. The maximum absolute atomic E-state index is 12.3. The zero-order valence-electron chi connectivity index (χ0n) is 12.8. The Hall–Kier alpha value is -2.37. The van der Waals surface area contributed by atoms with Gasteiger partial charge in [0.25, 0.3) is 0 Å². The van der Waals surface area contributed by atoms with Crippen LogP contribution in [0.4, 0.5) is 0 Å². The molecule has 3 amide bonds. The number of rotatable bonds is 0. The maximum atomic E-state index is 12.3. The summed E-state index contributed by atoms with van der Waals surface area (Å²) in [6, 6.07) is 0.163. The number of benzene rings is 1. The van der Waals surface area contributed by atoms with Crippen LogP contribution in [0.3, 0.4) is 0 Å². The first-order valence-electron chi connectivity index (χ1n) is 8.78. The third kappa shape index (κ3) is 1.02. The quantitative estimate of drug-likeness (QED) is 0.656. The first-order chi connectivity index (χ1) is 11.6. The summed E-state index contributed by atoms with van der Waals surface area (Å²) < 4.78 is 0. The number of fused-ring (bicyclic) bond motifs is 18. The van der Waals surface area contributed by atoms with Crippen LogP contribution < -0.4 is 16.0 Å². The molecule has 1 aromatic rings. The van der Waals surface area contributed by atoms with Gasteiger partial charge in [-0.05, 0) is 52.6 Å². The fraction of sp³-hybridized carbons (Fsp3) is 0.500. The van der Waals surface area contributed by atoms with E-state index in [2.05, 4.69) is 16.0 Å². The summed E-state index contributed by atoms with van der Waals surface area (Å²) in [4.78, 5) is 36.9. The van der Waals surface area contributed by atoms with E-state index in [-0.39, 0.29) is 53.6 Å². The molecule has 1 aromatic carbocycles. The standard InChI is InChI=1S/C18H15N3O3/c22-16-4-1-7(19-16)13-10(4)14-8-3-6(18(24)20-8)12(14)15-9-2-5(11(13)15)17(23)21-9/h4-9H,1-3H2,(H,19,22)(H,20,24)(H,21,23)/t4-,5-,6-,7+,8+,9+/m0/s1. The molecule has 6 atom stereocenters. The zero-order valence-corrected chi connectivity index (χ0v) is 12.8. The first kappa shape index (κ1) is 12.1. The van der Waals surface area contributed by atoms with E-state index >= 15 is 0 Å². The van der Waals surface area contributed by atoms with Gasteiger partial charge in [0.15, 0.2) is 0 Å². The van der Waals surface area contributed by atoms with Crippen LogP contribution in [0.5, 0.6) is 0 Å². The lowest BCUT2D eigenvalue weighted by Gasteiger charge is -2.32. The minimum Gasteiger partial charge on any atom is -0.349 e. The Bertz CT molecular complexity index is 796. The Morgan fingerprint density at radius 2 is 0.792 bits per heavy atom. The number of carbonyl (C=O) groups is 3. The van der Waals surface area contributed by atoms with Gasteiger partial charge in [0, 0.05) is 0 Å². The van der Waals surface area contributed by atoms with Gasteiger partial charge in [-0.3, -0.25) is 14.4 Å². The van der Waals surface area contributed by atoms with E-state index in [9.17, 15) is 14.4 Å². The average molecular weight is 321 g/mol. The Labute approximate surface area is 137 Å². The van der Waals surface area contributed by atoms with E-state index < -0.39 is 0 Å². The highest BCUT2D eigenvalue weighted by Gasteiger charge is 2.58. The molecule has 3 heterocycles. The van der Waals surface area contributed by atoms with Crippen molar-refractivity contribution in [2.75, 3.05) is 0 Å². The monoisotopic (exact) mass is 321 g/mol. The molecule has 6 aliphatic rings. The molecule has 0 radical (unpaired) electrons.